The van der Waals surface area contributed by atoms with Gasteiger partial charge in [0.05, 0.1) is 16.6 Å². The normalized spacial score (nSPS) is 11.8. The van der Waals surface area contributed by atoms with E-state index in [1.54, 1.807) is 17.4 Å². The van der Waals surface area contributed by atoms with Crippen molar-refractivity contribution in [3.63, 3.8) is 0 Å². The number of benzene rings is 2. The lowest BCUT2D eigenvalue weighted by atomic mass is 10.1. The monoisotopic (exact) mass is 456 g/mol. The zero-order chi connectivity index (χ0) is 23.0. The maximum atomic E-state index is 12.2. The van der Waals surface area contributed by atoms with Crippen LogP contribution >= 0.6 is 11.3 Å². The third-order valence-corrected chi connectivity index (χ3v) is 5.99. The number of allylic oxidation sites excluding steroid dienone is 3. The van der Waals surface area contributed by atoms with Gasteiger partial charge in [-0.25, -0.2) is 4.98 Å². The van der Waals surface area contributed by atoms with Gasteiger partial charge in [-0.15, -0.1) is 21.5 Å². The van der Waals surface area contributed by atoms with Crippen LogP contribution in [0.1, 0.15) is 23.7 Å². The first-order valence-electron chi connectivity index (χ1n) is 10.6. The summed E-state index contributed by atoms with van der Waals surface area (Å²) in [5.41, 5.74) is 4.26. The molecule has 4 aromatic rings. The van der Waals surface area contributed by atoms with Gasteiger partial charge < -0.3 is 9.73 Å². The number of aromatic nitrogens is 3. The minimum atomic E-state index is -0.176. The highest BCUT2D eigenvalue weighted by Crippen LogP contribution is 2.29. The van der Waals surface area contributed by atoms with Gasteiger partial charge in [-0.1, -0.05) is 67.3 Å². The molecule has 0 aliphatic carbocycles. The van der Waals surface area contributed by atoms with E-state index in [-0.39, 0.29) is 12.3 Å². The SMILES string of the molecule is C=C/C=C\C(=C/C)CNC(=O)Cc1nnc(Cc2nc3ccc(-c4ccccc4)cc3s2)o1. The average Bonchev–Trinajstić information content (AvgIpc) is 3.45. The molecule has 0 saturated carbocycles. The largest absolute Gasteiger partial charge is 0.424 e. The van der Waals surface area contributed by atoms with E-state index in [4.69, 9.17) is 4.42 Å². The third kappa shape index (κ3) is 5.90. The molecule has 0 aliphatic rings. The van der Waals surface area contributed by atoms with E-state index in [0.29, 0.717) is 24.7 Å². The molecule has 6 nitrogen and oxygen atoms in total. The first kappa shape index (κ1) is 22.4. The number of thiazole rings is 1. The number of nitrogens with zero attached hydrogens (tertiary/aromatic N) is 3. The van der Waals surface area contributed by atoms with E-state index in [0.717, 1.165) is 26.4 Å². The van der Waals surface area contributed by atoms with Crippen LogP contribution < -0.4 is 5.32 Å². The molecular weight excluding hydrogens is 432 g/mol. The summed E-state index contributed by atoms with van der Waals surface area (Å²) in [6.07, 6.45) is 7.83. The number of rotatable bonds is 9. The van der Waals surface area contributed by atoms with Crippen molar-refractivity contribution in [3.8, 4) is 11.1 Å². The van der Waals surface area contributed by atoms with Crippen molar-refractivity contribution in [3.05, 3.63) is 102 Å². The summed E-state index contributed by atoms with van der Waals surface area (Å²) in [5.74, 6) is 0.562. The molecule has 1 amide bonds. The van der Waals surface area contributed by atoms with Crippen molar-refractivity contribution in [2.75, 3.05) is 6.54 Å². The summed E-state index contributed by atoms with van der Waals surface area (Å²) in [4.78, 5) is 16.9. The standard InChI is InChI=1S/C26H24N4O2S/c1-3-5-9-18(4-2)17-27-23(31)15-24-29-30-25(32-24)16-26-28-21-13-12-20(14-22(21)33-26)19-10-7-6-8-11-19/h3-14H,1,15-17H2,2H3,(H,27,31)/b9-5-,18-4+. The Hall–Kier alpha value is -3.84. The van der Waals surface area contributed by atoms with Gasteiger partial charge in [-0.05, 0) is 35.8 Å². The second kappa shape index (κ2) is 10.7. The van der Waals surface area contributed by atoms with Gasteiger partial charge >= 0.3 is 0 Å². The maximum Gasteiger partial charge on any atom is 0.229 e. The lowest BCUT2D eigenvalue weighted by Gasteiger charge is -2.04. The number of amides is 1. The van der Waals surface area contributed by atoms with Crippen LogP contribution in [0.15, 0.2) is 89.4 Å². The molecule has 0 unspecified atom stereocenters. The fourth-order valence-corrected chi connectivity index (χ4v) is 4.27. The zero-order valence-electron chi connectivity index (χ0n) is 18.3. The highest BCUT2D eigenvalue weighted by atomic mass is 32.1. The Morgan fingerprint density at radius 3 is 2.73 bits per heavy atom. The molecule has 0 spiro atoms. The molecular formula is C26H24N4O2S. The molecule has 7 heteroatoms. The molecule has 2 aromatic carbocycles. The Labute approximate surface area is 196 Å². The molecule has 2 heterocycles. The minimum Gasteiger partial charge on any atom is -0.424 e. The van der Waals surface area contributed by atoms with Gasteiger partial charge in [-0.2, -0.15) is 0 Å². The van der Waals surface area contributed by atoms with Gasteiger partial charge in [0, 0.05) is 6.54 Å². The number of hydrogen-bond acceptors (Lipinski definition) is 6. The topological polar surface area (TPSA) is 80.9 Å². The molecule has 0 saturated heterocycles. The molecule has 0 bridgehead atoms. The maximum absolute atomic E-state index is 12.2. The quantitative estimate of drug-likeness (QED) is 0.346. The molecule has 0 fully saturated rings. The zero-order valence-corrected chi connectivity index (χ0v) is 19.1. The summed E-state index contributed by atoms with van der Waals surface area (Å²) in [6, 6.07) is 16.5. The van der Waals surface area contributed by atoms with Crippen molar-refractivity contribution in [2.45, 2.75) is 19.8 Å². The van der Waals surface area contributed by atoms with Gasteiger partial charge in [0.2, 0.25) is 17.7 Å². The Kier molecular flexibility index (Phi) is 7.22. The second-order valence-corrected chi connectivity index (χ2v) is 8.45. The molecule has 0 atom stereocenters. The summed E-state index contributed by atoms with van der Waals surface area (Å²) in [5, 5.41) is 11.8. The predicted octanol–water partition coefficient (Wildman–Crippen LogP) is 5.28. The number of carbonyl (C=O) groups excluding carboxylic acids is 1. The van der Waals surface area contributed by atoms with Crippen LogP contribution in [0.5, 0.6) is 0 Å². The van der Waals surface area contributed by atoms with Crippen LogP contribution in [0.2, 0.25) is 0 Å². The van der Waals surface area contributed by atoms with Crippen molar-refractivity contribution in [1.82, 2.24) is 20.5 Å². The van der Waals surface area contributed by atoms with E-state index in [1.165, 1.54) is 5.56 Å². The number of fused-ring (bicyclic) bond motifs is 1. The van der Waals surface area contributed by atoms with Gasteiger partial charge in [0.1, 0.15) is 11.4 Å². The summed E-state index contributed by atoms with van der Waals surface area (Å²) >= 11 is 1.61. The van der Waals surface area contributed by atoms with Crippen molar-refractivity contribution < 1.29 is 9.21 Å². The first-order valence-corrected chi connectivity index (χ1v) is 11.4. The molecule has 4 rings (SSSR count). The lowest BCUT2D eigenvalue weighted by molar-refractivity contribution is -0.120. The van der Waals surface area contributed by atoms with Crippen LogP contribution in [0.4, 0.5) is 0 Å². The van der Waals surface area contributed by atoms with E-state index in [2.05, 4.69) is 51.3 Å². The molecule has 33 heavy (non-hydrogen) atoms. The Morgan fingerprint density at radius 1 is 1.12 bits per heavy atom. The van der Waals surface area contributed by atoms with Gasteiger partial charge in [0.15, 0.2) is 0 Å². The third-order valence-electron chi connectivity index (χ3n) is 4.97. The highest BCUT2D eigenvalue weighted by Gasteiger charge is 2.14. The number of hydrogen-bond donors (Lipinski definition) is 1. The molecule has 1 N–H and O–H groups in total. The number of carbonyl (C=O) groups is 1. The predicted molar refractivity (Wildman–Crippen MR) is 132 cm³/mol. The molecule has 0 radical (unpaired) electrons. The smallest absolute Gasteiger partial charge is 0.229 e. The van der Waals surface area contributed by atoms with Crippen LogP contribution in [0.3, 0.4) is 0 Å². The highest BCUT2D eigenvalue weighted by molar-refractivity contribution is 7.18. The van der Waals surface area contributed by atoms with E-state index >= 15 is 0 Å². The fourth-order valence-electron chi connectivity index (χ4n) is 3.27. The van der Waals surface area contributed by atoms with Crippen LogP contribution in [0.25, 0.3) is 21.3 Å². The van der Waals surface area contributed by atoms with E-state index in [9.17, 15) is 4.79 Å². The fraction of sp³-hybridized carbons (Fsp3) is 0.154. The Balaban J connectivity index is 1.37. The second-order valence-electron chi connectivity index (χ2n) is 7.33. The van der Waals surface area contributed by atoms with Crippen LogP contribution in [0, 0.1) is 0 Å². The molecule has 166 valence electrons. The van der Waals surface area contributed by atoms with Gasteiger partial charge in [-0.3, -0.25) is 4.79 Å². The van der Waals surface area contributed by atoms with E-state index < -0.39 is 0 Å². The van der Waals surface area contributed by atoms with Crippen molar-refractivity contribution in [1.29, 1.82) is 0 Å². The van der Waals surface area contributed by atoms with Crippen LogP contribution in [-0.4, -0.2) is 27.6 Å². The van der Waals surface area contributed by atoms with Crippen molar-refractivity contribution >= 4 is 27.5 Å². The number of nitrogens with one attached hydrogen (secondary N) is 1. The van der Waals surface area contributed by atoms with E-state index in [1.807, 2.05) is 49.4 Å². The minimum absolute atomic E-state index is 0.0371. The van der Waals surface area contributed by atoms with Crippen LogP contribution in [-0.2, 0) is 17.6 Å². The Morgan fingerprint density at radius 2 is 1.94 bits per heavy atom. The first-order chi connectivity index (χ1) is 16.1. The lowest BCUT2D eigenvalue weighted by Crippen LogP contribution is -2.27. The molecule has 2 aromatic heterocycles. The summed E-state index contributed by atoms with van der Waals surface area (Å²) < 4.78 is 6.79. The molecule has 0 aliphatic heterocycles. The summed E-state index contributed by atoms with van der Waals surface area (Å²) in [7, 11) is 0. The van der Waals surface area contributed by atoms with Crippen molar-refractivity contribution in [2.24, 2.45) is 0 Å². The van der Waals surface area contributed by atoms with Gasteiger partial charge in [0.25, 0.3) is 0 Å². The average molecular weight is 457 g/mol. The Bertz CT molecular complexity index is 1320. The summed E-state index contributed by atoms with van der Waals surface area (Å²) in [6.45, 7) is 5.99.